The molecule has 0 amide bonds. The smallest absolute Gasteiger partial charge is 0.409 e. The van der Waals surface area contributed by atoms with Gasteiger partial charge in [0.25, 0.3) is 5.69 Å². The van der Waals surface area contributed by atoms with Crippen LogP contribution in [0.2, 0.25) is 0 Å². The SMILES string of the molecule is O=[N+]([O-])c1ccc(OP2(=O)OC[C@@H]3Cc4ccccc4N32)cc1. The summed E-state index contributed by atoms with van der Waals surface area (Å²) in [4.78, 5) is 10.2. The van der Waals surface area contributed by atoms with Crippen molar-refractivity contribution in [1.29, 1.82) is 0 Å². The van der Waals surface area contributed by atoms with E-state index in [1.807, 2.05) is 24.3 Å². The monoisotopic (exact) mass is 332 g/mol. The summed E-state index contributed by atoms with van der Waals surface area (Å²) in [6, 6.07) is 13.2. The maximum atomic E-state index is 13.1. The van der Waals surface area contributed by atoms with Gasteiger partial charge in [0.05, 0.1) is 23.3 Å². The lowest BCUT2D eigenvalue weighted by atomic mass is 10.1. The van der Waals surface area contributed by atoms with Gasteiger partial charge in [-0.05, 0) is 30.2 Å². The Morgan fingerprint density at radius 3 is 2.70 bits per heavy atom. The van der Waals surface area contributed by atoms with Crippen LogP contribution in [-0.4, -0.2) is 17.6 Å². The van der Waals surface area contributed by atoms with Gasteiger partial charge >= 0.3 is 7.75 Å². The minimum absolute atomic E-state index is 0.00344. The molecule has 2 atom stereocenters. The average Bonchev–Trinajstić information content (AvgIpc) is 3.06. The van der Waals surface area contributed by atoms with Crippen molar-refractivity contribution in [3.8, 4) is 5.75 Å². The largest absolute Gasteiger partial charge is 0.489 e. The Bertz CT molecular complexity index is 823. The van der Waals surface area contributed by atoms with E-state index in [2.05, 4.69) is 0 Å². The zero-order valence-electron chi connectivity index (χ0n) is 12.0. The Balaban J connectivity index is 1.64. The molecule has 1 saturated heterocycles. The number of nitrogens with zero attached hydrogens (tertiary/aromatic N) is 2. The molecule has 118 valence electrons. The van der Waals surface area contributed by atoms with E-state index in [4.69, 9.17) is 9.05 Å². The van der Waals surface area contributed by atoms with Crippen molar-refractivity contribution in [2.75, 3.05) is 11.3 Å². The van der Waals surface area contributed by atoms with Gasteiger partial charge in [-0.2, -0.15) is 0 Å². The quantitative estimate of drug-likeness (QED) is 0.486. The molecule has 23 heavy (non-hydrogen) atoms. The topological polar surface area (TPSA) is 81.9 Å². The van der Waals surface area contributed by atoms with Gasteiger partial charge in [0.2, 0.25) is 0 Å². The lowest BCUT2D eigenvalue weighted by molar-refractivity contribution is -0.384. The molecule has 1 unspecified atom stereocenters. The molecule has 7 nitrogen and oxygen atoms in total. The maximum absolute atomic E-state index is 13.1. The molecule has 2 aromatic carbocycles. The first kappa shape index (κ1) is 14.2. The summed E-state index contributed by atoms with van der Waals surface area (Å²) in [5, 5.41) is 10.7. The Morgan fingerprint density at radius 1 is 1.22 bits per heavy atom. The number of non-ortho nitro benzene ring substituents is 1. The molecule has 2 aromatic rings. The van der Waals surface area contributed by atoms with Crippen molar-refractivity contribution in [2.45, 2.75) is 12.5 Å². The first-order valence-corrected chi connectivity index (χ1v) is 8.63. The van der Waals surface area contributed by atoms with Crippen molar-refractivity contribution < 1.29 is 18.5 Å². The molecule has 0 N–H and O–H groups in total. The summed E-state index contributed by atoms with van der Waals surface area (Å²) in [6.45, 7) is 0.332. The van der Waals surface area contributed by atoms with Crippen molar-refractivity contribution in [2.24, 2.45) is 0 Å². The molecule has 1 fully saturated rings. The van der Waals surface area contributed by atoms with E-state index in [1.54, 1.807) is 4.67 Å². The normalized spacial score (nSPS) is 25.0. The highest BCUT2D eigenvalue weighted by Gasteiger charge is 2.51. The molecule has 0 spiro atoms. The highest BCUT2D eigenvalue weighted by atomic mass is 31.2. The molecule has 0 bridgehead atoms. The predicted octanol–water partition coefficient (Wildman–Crippen LogP) is 3.54. The van der Waals surface area contributed by atoms with Crippen LogP contribution >= 0.6 is 7.75 Å². The highest BCUT2D eigenvalue weighted by Crippen LogP contribution is 2.62. The van der Waals surface area contributed by atoms with Gasteiger partial charge in [0.1, 0.15) is 5.75 Å². The number of hydrogen-bond donors (Lipinski definition) is 0. The van der Waals surface area contributed by atoms with Gasteiger partial charge in [0.15, 0.2) is 0 Å². The molecule has 2 heterocycles. The van der Waals surface area contributed by atoms with Crippen LogP contribution in [0.3, 0.4) is 0 Å². The van der Waals surface area contributed by atoms with Crippen LogP contribution in [0.15, 0.2) is 48.5 Å². The number of para-hydroxylation sites is 1. The molecular formula is C15H13N2O5P. The zero-order chi connectivity index (χ0) is 16.0. The Labute approximate surface area is 132 Å². The van der Waals surface area contributed by atoms with Crippen LogP contribution in [0.1, 0.15) is 5.56 Å². The fraction of sp³-hybridized carbons (Fsp3) is 0.200. The number of anilines is 1. The summed E-state index contributed by atoms with van der Waals surface area (Å²) in [5.74, 6) is 0.281. The second-order valence-corrected chi connectivity index (χ2v) is 7.25. The number of fused-ring (bicyclic) bond motifs is 3. The lowest BCUT2D eigenvalue weighted by Gasteiger charge is -2.24. The van der Waals surface area contributed by atoms with Gasteiger partial charge in [-0.25, -0.2) is 4.57 Å². The lowest BCUT2D eigenvalue weighted by Crippen LogP contribution is -2.25. The number of hydrogen-bond acceptors (Lipinski definition) is 5. The van der Waals surface area contributed by atoms with E-state index in [0.29, 0.717) is 6.61 Å². The van der Waals surface area contributed by atoms with Gasteiger partial charge in [-0.3, -0.25) is 19.3 Å². The molecule has 2 aliphatic heterocycles. The summed E-state index contributed by atoms with van der Waals surface area (Å²) >= 11 is 0. The standard InChI is InChI=1S/C15H13N2O5P/c18-17(19)12-5-7-14(8-6-12)22-23(20)16-13(10-21-23)9-11-3-1-2-4-15(11)16/h1-8,13H,9-10H2/t13-,23?/m0/s1. The molecular weight excluding hydrogens is 319 g/mol. The minimum Gasteiger partial charge on any atom is -0.409 e. The first-order chi connectivity index (χ1) is 11.1. The third kappa shape index (κ3) is 2.29. The van der Waals surface area contributed by atoms with Crippen LogP contribution in [-0.2, 0) is 15.5 Å². The molecule has 0 saturated carbocycles. The van der Waals surface area contributed by atoms with E-state index in [0.717, 1.165) is 17.7 Å². The maximum Gasteiger partial charge on any atom is 0.489 e. The van der Waals surface area contributed by atoms with Crippen LogP contribution in [0.25, 0.3) is 0 Å². The first-order valence-electron chi connectivity index (χ1n) is 7.13. The van der Waals surface area contributed by atoms with E-state index >= 15 is 0 Å². The Hall–Kier alpha value is -2.37. The molecule has 2 aliphatic rings. The summed E-state index contributed by atoms with van der Waals surface area (Å²) < 4.78 is 25.9. The van der Waals surface area contributed by atoms with E-state index < -0.39 is 12.7 Å². The van der Waals surface area contributed by atoms with Crippen LogP contribution in [0.5, 0.6) is 5.75 Å². The van der Waals surface area contributed by atoms with Gasteiger partial charge in [-0.15, -0.1) is 0 Å². The number of benzene rings is 2. The van der Waals surface area contributed by atoms with Gasteiger partial charge in [0, 0.05) is 12.1 Å². The van der Waals surface area contributed by atoms with Crippen molar-refractivity contribution >= 4 is 19.1 Å². The van der Waals surface area contributed by atoms with Crippen LogP contribution in [0, 0.1) is 10.1 Å². The fourth-order valence-electron chi connectivity index (χ4n) is 2.98. The minimum atomic E-state index is -3.50. The summed E-state index contributed by atoms with van der Waals surface area (Å²) in [7, 11) is -3.50. The number of nitro groups is 1. The fourth-order valence-corrected chi connectivity index (χ4v) is 5.00. The average molecular weight is 332 g/mol. The molecule has 0 aliphatic carbocycles. The second-order valence-electron chi connectivity index (χ2n) is 5.44. The second kappa shape index (κ2) is 5.08. The summed E-state index contributed by atoms with van der Waals surface area (Å²) in [6.07, 6.45) is 0.768. The molecule has 4 rings (SSSR count). The van der Waals surface area contributed by atoms with Crippen LogP contribution in [0.4, 0.5) is 11.4 Å². The zero-order valence-corrected chi connectivity index (χ0v) is 12.9. The predicted molar refractivity (Wildman–Crippen MR) is 83.7 cm³/mol. The van der Waals surface area contributed by atoms with E-state index in [-0.39, 0.29) is 17.5 Å². The Morgan fingerprint density at radius 2 is 1.96 bits per heavy atom. The molecule has 0 aromatic heterocycles. The molecule has 0 radical (unpaired) electrons. The highest BCUT2D eigenvalue weighted by molar-refractivity contribution is 7.56. The van der Waals surface area contributed by atoms with Gasteiger partial charge < -0.3 is 4.52 Å². The van der Waals surface area contributed by atoms with Crippen molar-refractivity contribution in [3.05, 3.63) is 64.2 Å². The van der Waals surface area contributed by atoms with Crippen molar-refractivity contribution in [1.82, 2.24) is 0 Å². The number of nitro benzene ring substituents is 1. The van der Waals surface area contributed by atoms with E-state index in [1.165, 1.54) is 24.3 Å². The summed E-state index contributed by atoms with van der Waals surface area (Å²) in [5.41, 5.74) is 1.93. The van der Waals surface area contributed by atoms with Crippen molar-refractivity contribution in [3.63, 3.8) is 0 Å². The van der Waals surface area contributed by atoms with Crippen LogP contribution < -0.4 is 9.19 Å². The number of rotatable bonds is 3. The third-order valence-corrected chi connectivity index (χ3v) is 5.99. The Kier molecular flexibility index (Phi) is 3.14. The molecule has 8 heteroatoms. The van der Waals surface area contributed by atoms with Gasteiger partial charge in [-0.1, -0.05) is 18.2 Å². The van der Waals surface area contributed by atoms with E-state index in [9.17, 15) is 14.7 Å². The third-order valence-electron chi connectivity index (χ3n) is 4.00.